The van der Waals surface area contributed by atoms with Crippen LogP contribution in [0.5, 0.6) is 5.75 Å². The van der Waals surface area contributed by atoms with Crippen LogP contribution in [-0.2, 0) is 0 Å². The molecule has 2 aromatic carbocycles. The molecule has 0 heterocycles. The number of halogens is 1. The molecule has 0 aromatic heterocycles. The number of hydrogen-bond donors (Lipinski definition) is 3. The number of aryl methyl sites for hydroxylation is 1. The summed E-state index contributed by atoms with van der Waals surface area (Å²) in [5, 5.41) is 12.3. The first-order valence-corrected chi connectivity index (χ1v) is 6.95. The lowest BCUT2D eigenvalue weighted by atomic mass is 10.1. The van der Waals surface area contributed by atoms with Crippen molar-refractivity contribution in [2.45, 2.75) is 6.92 Å². The van der Waals surface area contributed by atoms with Gasteiger partial charge in [0.25, 0.3) is 0 Å². The number of anilines is 3. The van der Waals surface area contributed by atoms with Crippen LogP contribution in [0.1, 0.15) is 15.9 Å². The Labute approximate surface area is 130 Å². The average molecular weight is 351 g/mol. The Bertz CT molecular complexity index is 702. The van der Waals surface area contributed by atoms with Crippen LogP contribution in [0.15, 0.2) is 34.8 Å². The van der Waals surface area contributed by atoms with Gasteiger partial charge in [-0.3, -0.25) is 0 Å². The Kier molecular flexibility index (Phi) is 4.37. The van der Waals surface area contributed by atoms with Crippen LogP contribution in [0.25, 0.3) is 0 Å². The van der Waals surface area contributed by atoms with Crippen molar-refractivity contribution >= 4 is 39.0 Å². The number of hydrogen-bond acceptors (Lipinski definition) is 4. The number of nitrogen functional groups attached to an aromatic ring is 1. The summed E-state index contributed by atoms with van der Waals surface area (Å²) >= 11 is 3.44. The number of rotatable bonds is 4. The minimum Gasteiger partial charge on any atom is -0.497 e. The summed E-state index contributed by atoms with van der Waals surface area (Å²) in [7, 11) is 1.59. The molecule has 0 unspecified atom stereocenters. The maximum absolute atomic E-state index is 11.2. The highest BCUT2D eigenvalue weighted by Crippen LogP contribution is 2.31. The summed E-state index contributed by atoms with van der Waals surface area (Å²) in [6.45, 7) is 1.77. The van der Waals surface area contributed by atoms with Crippen LogP contribution in [0.3, 0.4) is 0 Å². The first-order chi connectivity index (χ1) is 9.92. The minimum absolute atomic E-state index is 0.0801. The molecule has 0 bridgehead atoms. The molecule has 0 saturated heterocycles. The zero-order chi connectivity index (χ0) is 15.6. The van der Waals surface area contributed by atoms with E-state index in [0.29, 0.717) is 17.0 Å². The number of benzene rings is 2. The molecular weight excluding hydrogens is 336 g/mol. The fraction of sp³-hybridized carbons (Fsp3) is 0.133. The summed E-state index contributed by atoms with van der Waals surface area (Å²) in [4.78, 5) is 11.2. The highest BCUT2D eigenvalue weighted by atomic mass is 79.9. The number of carbonyl (C=O) groups is 1. The highest BCUT2D eigenvalue weighted by Gasteiger charge is 2.12. The van der Waals surface area contributed by atoms with Gasteiger partial charge in [-0.25, -0.2) is 4.79 Å². The number of aromatic carboxylic acids is 1. The van der Waals surface area contributed by atoms with Gasteiger partial charge in [0.05, 0.1) is 18.4 Å². The van der Waals surface area contributed by atoms with E-state index in [9.17, 15) is 9.90 Å². The van der Waals surface area contributed by atoms with Crippen molar-refractivity contribution in [3.05, 3.63) is 45.9 Å². The molecule has 0 aliphatic carbocycles. The Balaban J connectivity index is 2.42. The molecule has 6 heteroatoms. The molecule has 2 rings (SSSR count). The van der Waals surface area contributed by atoms with E-state index in [0.717, 1.165) is 10.2 Å². The second-order valence-corrected chi connectivity index (χ2v) is 5.38. The summed E-state index contributed by atoms with van der Waals surface area (Å²) in [5.41, 5.74) is 8.26. The predicted molar refractivity (Wildman–Crippen MR) is 86.5 cm³/mol. The molecule has 0 radical (unpaired) electrons. The van der Waals surface area contributed by atoms with E-state index in [1.54, 1.807) is 20.1 Å². The van der Waals surface area contributed by atoms with Crippen LogP contribution in [0, 0.1) is 6.92 Å². The number of carboxylic acids is 1. The Morgan fingerprint density at radius 2 is 2.05 bits per heavy atom. The van der Waals surface area contributed by atoms with Crippen molar-refractivity contribution in [2.75, 3.05) is 18.2 Å². The molecule has 0 atom stereocenters. The van der Waals surface area contributed by atoms with Gasteiger partial charge in [-0.1, -0.05) is 0 Å². The molecule has 0 fully saturated rings. The van der Waals surface area contributed by atoms with Crippen molar-refractivity contribution in [1.82, 2.24) is 0 Å². The molecule has 0 aliphatic heterocycles. The standard InChI is InChI=1S/C15H15BrN2O3/c1-8-5-9(6-11(14(8)17)15(19)20)18-13-7-10(21-2)3-4-12(13)16/h3-7,18H,17H2,1-2H3,(H,19,20). The van der Waals surface area contributed by atoms with E-state index in [-0.39, 0.29) is 11.3 Å². The quantitative estimate of drug-likeness (QED) is 0.730. The lowest BCUT2D eigenvalue weighted by Crippen LogP contribution is -2.05. The molecule has 5 nitrogen and oxygen atoms in total. The Morgan fingerprint density at radius 1 is 1.33 bits per heavy atom. The molecule has 110 valence electrons. The molecule has 0 spiro atoms. The normalized spacial score (nSPS) is 10.2. The maximum Gasteiger partial charge on any atom is 0.337 e. The SMILES string of the molecule is COc1ccc(Br)c(Nc2cc(C)c(N)c(C(=O)O)c2)c1. The molecule has 0 saturated carbocycles. The Morgan fingerprint density at radius 3 is 2.67 bits per heavy atom. The van der Waals surface area contributed by atoms with Crippen LogP contribution in [0.2, 0.25) is 0 Å². The molecule has 0 aliphatic rings. The molecular formula is C15H15BrN2O3. The van der Waals surface area contributed by atoms with Gasteiger partial charge >= 0.3 is 5.97 Å². The number of methoxy groups -OCH3 is 1. The van der Waals surface area contributed by atoms with E-state index in [4.69, 9.17) is 10.5 Å². The van der Waals surface area contributed by atoms with Gasteiger partial charge in [-0.15, -0.1) is 0 Å². The molecule has 4 N–H and O–H groups in total. The van der Waals surface area contributed by atoms with Crippen molar-refractivity contribution in [3.8, 4) is 5.75 Å². The predicted octanol–water partition coefficient (Wildman–Crippen LogP) is 3.79. The second kappa shape index (κ2) is 6.05. The van der Waals surface area contributed by atoms with Gasteiger partial charge in [-0.05, 0) is 52.7 Å². The zero-order valence-corrected chi connectivity index (χ0v) is 13.2. The van der Waals surface area contributed by atoms with Crippen LogP contribution in [-0.4, -0.2) is 18.2 Å². The first kappa shape index (κ1) is 15.2. The van der Waals surface area contributed by atoms with Crippen molar-refractivity contribution < 1.29 is 14.6 Å². The number of carboxylic acid groups (broad SMARTS) is 1. The smallest absolute Gasteiger partial charge is 0.337 e. The minimum atomic E-state index is -1.05. The lowest BCUT2D eigenvalue weighted by molar-refractivity contribution is 0.0698. The monoisotopic (exact) mass is 350 g/mol. The summed E-state index contributed by atoms with van der Waals surface area (Å²) in [6.07, 6.45) is 0. The van der Waals surface area contributed by atoms with E-state index in [2.05, 4.69) is 21.2 Å². The van der Waals surface area contributed by atoms with Crippen LogP contribution < -0.4 is 15.8 Å². The first-order valence-electron chi connectivity index (χ1n) is 6.16. The van der Waals surface area contributed by atoms with Crippen molar-refractivity contribution in [1.29, 1.82) is 0 Å². The number of nitrogens with one attached hydrogen (secondary N) is 1. The van der Waals surface area contributed by atoms with E-state index >= 15 is 0 Å². The van der Waals surface area contributed by atoms with Gasteiger partial charge in [0.15, 0.2) is 0 Å². The fourth-order valence-corrected chi connectivity index (χ4v) is 2.28. The molecule has 21 heavy (non-hydrogen) atoms. The Hall–Kier alpha value is -2.21. The third kappa shape index (κ3) is 3.28. The fourth-order valence-electron chi connectivity index (χ4n) is 1.93. The summed E-state index contributed by atoms with van der Waals surface area (Å²) < 4.78 is 6.02. The van der Waals surface area contributed by atoms with Gasteiger partial charge in [0.2, 0.25) is 0 Å². The lowest BCUT2D eigenvalue weighted by Gasteiger charge is -2.13. The van der Waals surface area contributed by atoms with Gasteiger partial charge in [0, 0.05) is 21.9 Å². The van der Waals surface area contributed by atoms with Gasteiger partial charge < -0.3 is 20.9 Å². The largest absolute Gasteiger partial charge is 0.497 e. The second-order valence-electron chi connectivity index (χ2n) is 4.53. The molecule has 2 aromatic rings. The van der Waals surface area contributed by atoms with E-state index in [1.165, 1.54) is 6.07 Å². The third-order valence-corrected chi connectivity index (χ3v) is 3.76. The van der Waals surface area contributed by atoms with E-state index < -0.39 is 5.97 Å². The topological polar surface area (TPSA) is 84.6 Å². The highest BCUT2D eigenvalue weighted by molar-refractivity contribution is 9.10. The number of nitrogens with two attached hydrogens (primary N) is 1. The average Bonchev–Trinajstić information content (AvgIpc) is 2.44. The summed E-state index contributed by atoms with van der Waals surface area (Å²) in [6, 6.07) is 8.80. The maximum atomic E-state index is 11.2. The van der Waals surface area contributed by atoms with E-state index in [1.807, 2.05) is 18.2 Å². The third-order valence-electron chi connectivity index (χ3n) is 3.07. The number of ether oxygens (including phenoxy) is 1. The van der Waals surface area contributed by atoms with Gasteiger partial charge in [0.1, 0.15) is 5.75 Å². The van der Waals surface area contributed by atoms with Gasteiger partial charge in [-0.2, -0.15) is 0 Å². The van der Waals surface area contributed by atoms with Crippen molar-refractivity contribution in [3.63, 3.8) is 0 Å². The zero-order valence-electron chi connectivity index (χ0n) is 11.6. The molecule has 0 amide bonds. The summed E-state index contributed by atoms with van der Waals surface area (Å²) in [5.74, 6) is -0.352. The van der Waals surface area contributed by atoms with Crippen LogP contribution in [0.4, 0.5) is 17.1 Å². The van der Waals surface area contributed by atoms with Crippen LogP contribution >= 0.6 is 15.9 Å². The van der Waals surface area contributed by atoms with Crippen molar-refractivity contribution in [2.24, 2.45) is 0 Å².